The Morgan fingerprint density at radius 3 is 1.20 bits per heavy atom. The largest absolute Gasteiger partial charge is 2.00 e. The van der Waals surface area contributed by atoms with Crippen molar-refractivity contribution >= 4 is 45.6 Å². The van der Waals surface area contributed by atoms with Crippen molar-refractivity contribution in [3.8, 4) is 0 Å². The van der Waals surface area contributed by atoms with Gasteiger partial charge in [0.15, 0.2) is 0 Å². The van der Waals surface area contributed by atoms with Crippen LogP contribution in [0.3, 0.4) is 0 Å². The van der Waals surface area contributed by atoms with Crippen molar-refractivity contribution in [3.05, 3.63) is 0 Å². The summed E-state index contributed by atoms with van der Waals surface area (Å²) in [5.41, 5.74) is 0. The Bertz CT molecular complexity index is 81.5. The van der Waals surface area contributed by atoms with Crippen molar-refractivity contribution in [1.82, 2.24) is 0 Å². The summed E-state index contributed by atoms with van der Waals surface area (Å²) < 4.78 is 8.88. The van der Waals surface area contributed by atoms with Gasteiger partial charge in [-0.25, -0.2) is 4.57 Å². The molecule has 0 aromatic rings. The van der Waals surface area contributed by atoms with Gasteiger partial charge in [0, 0.05) is 34.1 Å². The Labute approximate surface area is 128 Å². The molecule has 61 valence electrons. The quantitative estimate of drug-likeness (QED) is 0.319. The normalized spacial score (nSPS) is 5.90. The number of hydrogen-bond donors (Lipinski definition) is 3. The molecular weight excluding hydrogens is 265 g/mol. The number of phosphoric acid groups is 1. The smallest absolute Gasteiger partial charge is 1.00 e. The maximum absolute atomic E-state index is 8.88. The molecule has 0 aromatic heterocycles. The molecule has 0 rings (SSSR count). The minimum atomic E-state index is -4.64. The average molecular weight is 275 g/mol. The zero-order valence-electron chi connectivity index (χ0n) is 7.64. The topological polar surface area (TPSA) is 77.8 Å². The van der Waals surface area contributed by atoms with Gasteiger partial charge in [0.2, 0.25) is 0 Å². The van der Waals surface area contributed by atoms with Crippen LogP contribution in [-0.2, 0) is 38.7 Å². The molecule has 0 bridgehead atoms. The van der Waals surface area contributed by atoms with Gasteiger partial charge in [-0.05, 0) is 0 Å². The van der Waals surface area contributed by atoms with Crippen LogP contribution in [0.25, 0.3) is 0 Å². The summed E-state index contributed by atoms with van der Waals surface area (Å²) in [5, 5.41) is 0. The molecule has 0 aliphatic heterocycles. The van der Waals surface area contributed by atoms with Gasteiger partial charge in [-0.15, -0.1) is 0 Å². The molecule has 0 unspecified atom stereocenters. The first-order valence-corrected chi connectivity index (χ1v) is 2.35. The Morgan fingerprint density at radius 1 is 1.20 bits per heavy atom. The third-order valence-electron chi connectivity index (χ3n) is 0. The van der Waals surface area contributed by atoms with Crippen LogP contribution in [0.2, 0.25) is 0 Å². The van der Waals surface area contributed by atoms with Gasteiger partial charge in [-0.3, -0.25) is 0 Å². The molecule has 0 heterocycles. The summed E-state index contributed by atoms with van der Waals surface area (Å²) in [6, 6.07) is 0. The fraction of sp³-hybridized carbons (Fsp3) is 1.00. The molecule has 0 saturated heterocycles. The summed E-state index contributed by atoms with van der Waals surface area (Å²) in [5.74, 6) is 0. The second-order valence-electron chi connectivity index (χ2n) is 0.513. The first kappa shape index (κ1) is 38.2. The molecule has 0 aromatic carbocycles. The second kappa shape index (κ2) is 17.9. The monoisotopic (exact) mass is 275 g/mol. The van der Waals surface area contributed by atoms with Gasteiger partial charge in [0.1, 0.15) is 0 Å². The van der Waals surface area contributed by atoms with E-state index in [1.54, 1.807) is 0 Å². The van der Waals surface area contributed by atoms with E-state index in [2.05, 4.69) is 0 Å². The predicted molar refractivity (Wildman–Crippen MR) is 30.1 cm³/mol. The van der Waals surface area contributed by atoms with E-state index in [0.29, 0.717) is 0 Å². The van der Waals surface area contributed by atoms with E-state index in [1.165, 1.54) is 0 Å². The Balaban J connectivity index is -0.00000000286. The fourth-order valence-electron chi connectivity index (χ4n) is 0. The Kier molecular flexibility index (Phi) is 68.5. The minimum absolute atomic E-state index is 0. The van der Waals surface area contributed by atoms with E-state index >= 15 is 0 Å². The van der Waals surface area contributed by atoms with Crippen molar-refractivity contribution in [2.24, 2.45) is 0 Å². The molecule has 0 saturated carbocycles. The zero-order valence-corrected chi connectivity index (χ0v) is 10.0. The molecule has 0 aliphatic carbocycles. The van der Waals surface area contributed by atoms with Crippen LogP contribution in [0, 0.1) is 0 Å². The van der Waals surface area contributed by atoms with Crippen LogP contribution in [0.15, 0.2) is 0 Å². The van der Waals surface area contributed by atoms with Crippen molar-refractivity contribution in [3.63, 3.8) is 0 Å². The molecule has 10 heavy (non-hydrogen) atoms. The maximum atomic E-state index is 8.88. The van der Waals surface area contributed by atoms with E-state index in [9.17, 15) is 0 Å². The third kappa shape index (κ3) is 122. The SMILES string of the molecule is C.O=P(O)(O)O.[Ca+2].[Fe].[H-].[H-].[H-].[Li+].[Mn]. The van der Waals surface area contributed by atoms with E-state index in [4.69, 9.17) is 19.2 Å². The first-order chi connectivity index (χ1) is 2.00. The van der Waals surface area contributed by atoms with Gasteiger partial charge in [-0.1, -0.05) is 7.43 Å². The molecule has 0 spiro atoms. The fourth-order valence-corrected chi connectivity index (χ4v) is 0. The Hall–Kier alpha value is 3.01. The number of rotatable bonds is 0. The van der Waals surface area contributed by atoms with Crippen LogP contribution in [0.5, 0.6) is 0 Å². The van der Waals surface area contributed by atoms with Gasteiger partial charge in [0.25, 0.3) is 0 Å². The second-order valence-corrected chi connectivity index (χ2v) is 1.54. The average Bonchev–Trinajstić information content (AvgIpc) is 0.722. The van der Waals surface area contributed by atoms with Gasteiger partial charge < -0.3 is 19.0 Å². The first-order valence-electron chi connectivity index (χ1n) is 0.783. The van der Waals surface area contributed by atoms with Crippen LogP contribution in [-0.4, -0.2) is 52.4 Å². The maximum Gasteiger partial charge on any atom is 2.00 e. The van der Waals surface area contributed by atoms with Crippen LogP contribution < -0.4 is 18.9 Å². The van der Waals surface area contributed by atoms with Crippen molar-refractivity contribution in [1.29, 1.82) is 0 Å². The predicted octanol–water partition coefficient (Wildman–Crippen LogP) is -3.34. The third-order valence-corrected chi connectivity index (χ3v) is 0. The van der Waals surface area contributed by atoms with Crippen LogP contribution in [0.1, 0.15) is 11.7 Å². The Morgan fingerprint density at radius 2 is 1.20 bits per heavy atom. The summed E-state index contributed by atoms with van der Waals surface area (Å²) in [7, 11) is -4.64. The van der Waals surface area contributed by atoms with E-state index < -0.39 is 7.82 Å². The van der Waals surface area contributed by atoms with Gasteiger partial charge in [-0.2, -0.15) is 0 Å². The molecule has 0 fully saturated rings. The molecule has 3 N–H and O–H groups in total. The van der Waals surface area contributed by atoms with Crippen LogP contribution in [0.4, 0.5) is 0 Å². The van der Waals surface area contributed by atoms with Crippen LogP contribution >= 0.6 is 7.82 Å². The van der Waals surface area contributed by atoms with Crippen molar-refractivity contribution in [2.45, 2.75) is 7.43 Å². The molecule has 1 radical (unpaired) electrons. The molecule has 0 atom stereocenters. The molecule has 0 amide bonds. The molecule has 0 aliphatic rings. The van der Waals surface area contributed by atoms with Gasteiger partial charge in [0.05, 0.1) is 0 Å². The summed E-state index contributed by atoms with van der Waals surface area (Å²) in [6.45, 7) is 0. The minimum Gasteiger partial charge on any atom is -1.00 e. The molecular formula is CH10CaFeLiMnO4P. The van der Waals surface area contributed by atoms with Gasteiger partial charge >= 0.3 is 64.4 Å². The standard InChI is InChI=1S/CH4.Ca.Fe.Li.Mn.H3O4P.3H/c;;;;;1-5(2,3)4;;;/h1H4;;;;;(H3,1,2,3,4);;;/q;+2;;+1;;;3*-1. The number of hydrogen-bond acceptors (Lipinski definition) is 1. The zero-order chi connectivity index (χ0) is 4.50. The van der Waals surface area contributed by atoms with E-state index in [0.717, 1.165) is 0 Å². The van der Waals surface area contributed by atoms with Crippen molar-refractivity contribution in [2.75, 3.05) is 0 Å². The van der Waals surface area contributed by atoms with E-state index in [-0.39, 0.29) is 102 Å². The summed E-state index contributed by atoms with van der Waals surface area (Å²) in [6.07, 6.45) is 0. The molecule has 4 nitrogen and oxygen atoms in total. The van der Waals surface area contributed by atoms with Crippen molar-refractivity contribution < 1.29 is 76.5 Å². The molecule has 9 heteroatoms. The van der Waals surface area contributed by atoms with E-state index in [1.807, 2.05) is 0 Å². The summed E-state index contributed by atoms with van der Waals surface area (Å²) >= 11 is 0. The summed E-state index contributed by atoms with van der Waals surface area (Å²) in [4.78, 5) is 21.6.